The summed E-state index contributed by atoms with van der Waals surface area (Å²) in [6.45, 7) is 10.5. The fraction of sp³-hybridized carbons (Fsp3) is 0.611. The van der Waals surface area contributed by atoms with Crippen molar-refractivity contribution in [3.05, 3.63) is 29.6 Å². The molecule has 21 heavy (non-hydrogen) atoms. The molecule has 1 saturated carbocycles. The number of carbonyl (C=O) groups excluding carboxylic acids is 1. The Morgan fingerprint density at radius 3 is 2.24 bits per heavy atom. The van der Waals surface area contributed by atoms with Crippen molar-refractivity contribution in [1.29, 1.82) is 0 Å². The van der Waals surface area contributed by atoms with E-state index in [1.165, 1.54) is 12.8 Å². The first-order valence-electron chi connectivity index (χ1n) is 7.91. The predicted molar refractivity (Wildman–Crippen MR) is 87.0 cm³/mol. The minimum absolute atomic E-state index is 0.00197. The zero-order valence-corrected chi connectivity index (χ0v) is 13.8. The summed E-state index contributed by atoms with van der Waals surface area (Å²) in [6, 6.07) is 5.94. The van der Waals surface area contributed by atoms with Gasteiger partial charge in [0, 0.05) is 6.92 Å². The van der Waals surface area contributed by atoms with Gasteiger partial charge in [0.15, 0.2) is 5.78 Å². The van der Waals surface area contributed by atoms with Gasteiger partial charge in [0.05, 0.1) is 17.4 Å². The number of hydrogen-bond donors (Lipinski definition) is 0. The van der Waals surface area contributed by atoms with Crippen LogP contribution in [0.2, 0.25) is 0 Å². The van der Waals surface area contributed by atoms with Crippen molar-refractivity contribution >= 4 is 11.5 Å². The molecule has 0 aromatic carbocycles. The van der Waals surface area contributed by atoms with Gasteiger partial charge in [-0.2, -0.15) is 0 Å². The summed E-state index contributed by atoms with van der Waals surface area (Å²) >= 11 is 0. The topological polar surface area (TPSA) is 42.3 Å². The number of hydrogen-bond acceptors (Lipinski definition) is 3. The lowest BCUT2D eigenvalue weighted by Crippen LogP contribution is -2.33. The van der Waals surface area contributed by atoms with Crippen molar-refractivity contribution in [2.75, 3.05) is 0 Å². The van der Waals surface area contributed by atoms with Crippen molar-refractivity contribution in [1.82, 2.24) is 4.98 Å². The van der Waals surface area contributed by atoms with E-state index in [-0.39, 0.29) is 5.78 Å². The normalized spacial score (nSPS) is 30.2. The zero-order valence-electron chi connectivity index (χ0n) is 13.8. The van der Waals surface area contributed by atoms with Crippen molar-refractivity contribution < 1.29 is 4.79 Å². The highest BCUT2D eigenvalue weighted by Gasteiger charge is 2.31. The number of aromatic nitrogens is 1. The average Bonchev–Trinajstić information content (AvgIpc) is 2.42. The Labute approximate surface area is 127 Å². The van der Waals surface area contributed by atoms with Crippen LogP contribution in [0.25, 0.3) is 0 Å². The fourth-order valence-corrected chi connectivity index (χ4v) is 3.58. The van der Waals surface area contributed by atoms with Crippen LogP contribution >= 0.6 is 0 Å². The van der Waals surface area contributed by atoms with E-state index in [1.54, 1.807) is 13.0 Å². The quantitative estimate of drug-likeness (QED) is 0.618. The Morgan fingerprint density at radius 1 is 1.10 bits per heavy atom. The van der Waals surface area contributed by atoms with Crippen molar-refractivity contribution in [2.24, 2.45) is 22.7 Å². The zero-order chi connectivity index (χ0) is 15.6. The maximum absolute atomic E-state index is 11.4. The van der Waals surface area contributed by atoms with Gasteiger partial charge in [-0.3, -0.25) is 9.79 Å². The van der Waals surface area contributed by atoms with Gasteiger partial charge in [-0.15, -0.1) is 0 Å². The van der Waals surface area contributed by atoms with E-state index >= 15 is 0 Å². The number of nitrogens with zero attached hydrogens (tertiary/aromatic N) is 2. The van der Waals surface area contributed by atoms with E-state index in [2.05, 4.69) is 25.8 Å². The standard InChI is InChI=1S/C18H26N2O/c1-11-9-12(2)18(13(3)10-11)19-14(4)16-7-6-8-17(20-16)15(5)21/h6-8,11-13,18H,9-10H2,1-5H3. The molecule has 2 atom stereocenters. The van der Waals surface area contributed by atoms with Gasteiger partial charge in [-0.25, -0.2) is 4.98 Å². The van der Waals surface area contributed by atoms with E-state index in [4.69, 9.17) is 4.99 Å². The smallest absolute Gasteiger partial charge is 0.178 e. The summed E-state index contributed by atoms with van der Waals surface area (Å²) < 4.78 is 0. The van der Waals surface area contributed by atoms with Gasteiger partial charge in [-0.05, 0) is 49.7 Å². The molecule has 2 unspecified atom stereocenters. The molecular weight excluding hydrogens is 260 g/mol. The van der Waals surface area contributed by atoms with Crippen LogP contribution in [0.5, 0.6) is 0 Å². The maximum Gasteiger partial charge on any atom is 0.178 e. The molecule has 1 aromatic rings. The fourth-order valence-electron chi connectivity index (χ4n) is 3.58. The molecule has 0 amide bonds. The SMILES string of the molecule is CC(=O)c1cccc(C(C)=NC2C(C)CC(C)CC2C)n1. The molecule has 0 aliphatic heterocycles. The Morgan fingerprint density at radius 2 is 1.67 bits per heavy atom. The van der Waals surface area contributed by atoms with Crippen molar-refractivity contribution in [3.63, 3.8) is 0 Å². The minimum atomic E-state index is -0.00197. The third-order valence-corrected chi connectivity index (χ3v) is 4.54. The summed E-state index contributed by atoms with van der Waals surface area (Å²) in [5, 5.41) is 0. The molecule has 1 heterocycles. The summed E-state index contributed by atoms with van der Waals surface area (Å²) in [7, 11) is 0. The highest BCUT2D eigenvalue weighted by molar-refractivity contribution is 5.99. The number of ketones is 1. The van der Waals surface area contributed by atoms with Crippen LogP contribution in [0.1, 0.15) is 63.6 Å². The molecule has 1 fully saturated rings. The van der Waals surface area contributed by atoms with E-state index in [0.29, 0.717) is 23.6 Å². The second-order valence-corrected chi connectivity index (χ2v) is 6.70. The van der Waals surface area contributed by atoms with Gasteiger partial charge in [0.25, 0.3) is 0 Å². The van der Waals surface area contributed by atoms with Crippen LogP contribution in [-0.4, -0.2) is 22.5 Å². The van der Waals surface area contributed by atoms with Gasteiger partial charge in [0.2, 0.25) is 0 Å². The second kappa shape index (κ2) is 6.50. The number of carbonyl (C=O) groups is 1. The molecule has 0 spiro atoms. The molecular formula is C18H26N2O. The summed E-state index contributed by atoms with van der Waals surface area (Å²) in [4.78, 5) is 20.8. The maximum atomic E-state index is 11.4. The largest absolute Gasteiger partial charge is 0.293 e. The molecule has 0 bridgehead atoms. The monoisotopic (exact) mass is 286 g/mol. The molecule has 1 aliphatic rings. The van der Waals surface area contributed by atoms with Crippen molar-refractivity contribution in [3.8, 4) is 0 Å². The van der Waals surface area contributed by atoms with Crippen LogP contribution in [-0.2, 0) is 0 Å². The Hall–Kier alpha value is -1.51. The van der Waals surface area contributed by atoms with E-state index in [9.17, 15) is 4.79 Å². The predicted octanol–water partition coefficient (Wildman–Crippen LogP) is 4.16. The number of rotatable bonds is 3. The average molecular weight is 286 g/mol. The molecule has 3 nitrogen and oxygen atoms in total. The first-order chi connectivity index (χ1) is 9.88. The number of pyridine rings is 1. The van der Waals surface area contributed by atoms with Crippen LogP contribution in [0.4, 0.5) is 0 Å². The lowest BCUT2D eigenvalue weighted by atomic mass is 9.74. The molecule has 1 aliphatic carbocycles. The summed E-state index contributed by atoms with van der Waals surface area (Å²) in [5.41, 5.74) is 2.28. The van der Waals surface area contributed by atoms with E-state index in [0.717, 1.165) is 17.3 Å². The Kier molecular flexibility index (Phi) is 4.92. The lowest BCUT2D eigenvalue weighted by molar-refractivity contribution is 0.101. The molecule has 0 N–H and O–H groups in total. The molecule has 0 radical (unpaired) electrons. The van der Waals surface area contributed by atoms with Crippen LogP contribution in [0, 0.1) is 17.8 Å². The molecule has 1 aromatic heterocycles. The number of aliphatic imine (C=N–C) groups is 1. The Balaban J connectivity index is 2.24. The van der Waals surface area contributed by atoms with Gasteiger partial charge in [-0.1, -0.05) is 26.8 Å². The van der Waals surface area contributed by atoms with Crippen LogP contribution < -0.4 is 0 Å². The molecule has 0 saturated heterocycles. The summed E-state index contributed by atoms with van der Waals surface area (Å²) in [6.07, 6.45) is 2.49. The highest BCUT2D eigenvalue weighted by atomic mass is 16.1. The first-order valence-corrected chi connectivity index (χ1v) is 7.91. The van der Waals surface area contributed by atoms with Crippen LogP contribution in [0.3, 0.4) is 0 Å². The highest BCUT2D eigenvalue weighted by Crippen LogP contribution is 2.35. The van der Waals surface area contributed by atoms with Gasteiger partial charge >= 0.3 is 0 Å². The molecule has 2 rings (SSSR count). The first kappa shape index (κ1) is 15.9. The molecule has 3 heteroatoms. The van der Waals surface area contributed by atoms with E-state index < -0.39 is 0 Å². The third kappa shape index (κ3) is 3.78. The lowest BCUT2D eigenvalue weighted by Gasteiger charge is -2.35. The minimum Gasteiger partial charge on any atom is -0.293 e. The molecule has 114 valence electrons. The van der Waals surface area contributed by atoms with E-state index in [1.807, 2.05) is 19.1 Å². The summed E-state index contributed by atoms with van der Waals surface area (Å²) in [5.74, 6) is 2.00. The Bertz CT molecular complexity index is 538. The second-order valence-electron chi connectivity index (χ2n) is 6.70. The van der Waals surface area contributed by atoms with Crippen molar-refractivity contribution in [2.45, 2.75) is 53.5 Å². The van der Waals surface area contributed by atoms with Gasteiger partial charge < -0.3 is 0 Å². The van der Waals surface area contributed by atoms with Gasteiger partial charge in [0.1, 0.15) is 5.69 Å². The van der Waals surface area contributed by atoms with Crippen LogP contribution in [0.15, 0.2) is 23.2 Å². The third-order valence-electron chi connectivity index (χ3n) is 4.54. The number of Topliss-reactive ketones (excluding diaryl/α,β-unsaturated/α-hetero) is 1.